The SMILES string of the molecule is COc1cc(OC)c(/C=C/C(=O)Nc2ccc(OC)c(NC(=O)/C=C\c3ccccc3)c2)c(OC)c1. The summed E-state index contributed by atoms with van der Waals surface area (Å²) >= 11 is 0. The third-order valence-electron chi connectivity index (χ3n) is 5.11. The fourth-order valence-electron chi connectivity index (χ4n) is 3.33. The number of methoxy groups -OCH3 is 4. The Morgan fingerprint density at radius 1 is 0.667 bits per heavy atom. The molecule has 3 aromatic rings. The lowest BCUT2D eigenvalue weighted by atomic mass is 10.1. The number of carbonyl (C=O) groups excluding carboxylic acids is 2. The molecule has 8 nitrogen and oxygen atoms in total. The summed E-state index contributed by atoms with van der Waals surface area (Å²) in [6.07, 6.45) is 6.09. The molecule has 0 fully saturated rings. The Morgan fingerprint density at radius 3 is 1.89 bits per heavy atom. The van der Waals surface area contributed by atoms with Gasteiger partial charge in [-0.1, -0.05) is 30.3 Å². The van der Waals surface area contributed by atoms with Crippen LogP contribution in [0.4, 0.5) is 11.4 Å². The highest BCUT2D eigenvalue weighted by atomic mass is 16.5. The molecule has 0 aromatic heterocycles. The summed E-state index contributed by atoms with van der Waals surface area (Å²) in [7, 11) is 6.09. The van der Waals surface area contributed by atoms with E-state index in [-0.39, 0.29) is 11.8 Å². The summed E-state index contributed by atoms with van der Waals surface area (Å²) in [5.74, 6) is 1.29. The van der Waals surface area contributed by atoms with E-state index in [0.717, 1.165) is 5.56 Å². The standard InChI is InChI=1S/C28H28N2O6/c1-33-21-17-25(35-3)22(26(18-21)36-4)12-15-27(31)29-20-11-13-24(34-2)23(16-20)30-28(32)14-10-19-8-6-5-7-9-19/h5-18H,1-4H3,(H,29,31)(H,30,32)/b14-10-,15-12+. The summed E-state index contributed by atoms with van der Waals surface area (Å²) in [5.41, 5.74) is 2.38. The van der Waals surface area contributed by atoms with Crippen LogP contribution in [0.2, 0.25) is 0 Å². The monoisotopic (exact) mass is 488 g/mol. The predicted octanol–water partition coefficient (Wildman–Crippen LogP) is 5.02. The minimum absolute atomic E-state index is 0.334. The highest BCUT2D eigenvalue weighted by Crippen LogP contribution is 2.35. The number of hydrogen-bond donors (Lipinski definition) is 2. The lowest BCUT2D eigenvalue weighted by Crippen LogP contribution is -2.11. The van der Waals surface area contributed by atoms with Gasteiger partial charge in [0.2, 0.25) is 11.8 Å². The summed E-state index contributed by atoms with van der Waals surface area (Å²) < 4.78 is 21.4. The van der Waals surface area contributed by atoms with Crippen molar-refractivity contribution >= 4 is 35.3 Å². The maximum absolute atomic E-state index is 12.6. The molecule has 0 heterocycles. The van der Waals surface area contributed by atoms with Gasteiger partial charge >= 0.3 is 0 Å². The van der Waals surface area contributed by atoms with Crippen molar-refractivity contribution < 1.29 is 28.5 Å². The highest BCUT2D eigenvalue weighted by Gasteiger charge is 2.12. The maximum atomic E-state index is 12.6. The topological polar surface area (TPSA) is 95.1 Å². The second kappa shape index (κ2) is 12.7. The molecule has 0 aliphatic carbocycles. The molecule has 0 atom stereocenters. The molecule has 0 bridgehead atoms. The molecule has 36 heavy (non-hydrogen) atoms. The molecule has 0 spiro atoms. The lowest BCUT2D eigenvalue weighted by molar-refractivity contribution is -0.112. The maximum Gasteiger partial charge on any atom is 0.248 e. The van der Waals surface area contributed by atoms with E-state index in [9.17, 15) is 9.59 Å². The molecule has 2 N–H and O–H groups in total. The van der Waals surface area contributed by atoms with Crippen LogP contribution in [0.3, 0.4) is 0 Å². The number of anilines is 2. The zero-order chi connectivity index (χ0) is 25.9. The van der Waals surface area contributed by atoms with Gasteiger partial charge in [-0.15, -0.1) is 0 Å². The normalized spacial score (nSPS) is 10.8. The number of benzene rings is 3. The third kappa shape index (κ3) is 6.89. The van der Waals surface area contributed by atoms with Crippen molar-refractivity contribution in [3.05, 3.63) is 83.9 Å². The van der Waals surface area contributed by atoms with Crippen molar-refractivity contribution in [1.82, 2.24) is 0 Å². The van der Waals surface area contributed by atoms with Crippen LogP contribution in [-0.4, -0.2) is 40.3 Å². The first kappa shape index (κ1) is 25.9. The van der Waals surface area contributed by atoms with Crippen LogP contribution in [0, 0.1) is 0 Å². The van der Waals surface area contributed by atoms with E-state index in [1.807, 2.05) is 30.3 Å². The molecular formula is C28H28N2O6. The van der Waals surface area contributed by atoms with Gasteiger partial charge < -0.3 is 29.6 Å². The van der Waals surface area contributed by atoms with Crippen molar-refractivity contribution in [2.45, 2.75) is 0 Å². The lowest BCUT2D eigenvalue weighted by Gasteiger charge is -2.13. The van der Waals surface area contributed by atoms with Crippen molar-refractivity contribution in [3.8, 4) is 23.0 Å². The molecule has 3 aromatic carbocycles. The largest absolute Gasteiger partial charge is 0.496 e. The van der Waals surface area contributed by atoms with Crippen LogP contribution in [0.5, 0.6) is 23.0 Å². The molecule has 0 saturated heterocycles. The summed E-state index contributed by atoms with van der Waals surface area (Å²) in [4.78, 5) is 25.1. The number of ether oxygens (including phenoxy) is 4. The molecule has 0 aliphatic rings. The van der Waals surface area contributed by atoms with Crippen molar-refractivity contribution in [3.63, 3.8) is 0 Å². The molecule has 8 heteroatoms. The van der Waals surface area contributed by atoms with Gasteiger partial charge in [0.25, 0.3) is 0 Å². The van der Waals surface area contributed by atoms with Gasteiger partial charge in [-0.3, -0.25) is 9.59 Å². The van der Waals surface area contributed by atoms with Gasteiger partial charge in [0.05, 0.1) is 39.7 Å². The quantitative estimate of drug-likeness (QED) is 0.389. The fourth-order valence-corrected chi connectivity index (χ4v) is 3.33. The Morgan fingerprint density at radius 2 is 1.28 bits per heavy atom. The Bertz CT molecular complexity index is 1240. The van der Waals surface area contributed by atoms with E-state index < -0.39 is 0 Å². The molecular weight excluding hydrogens is 460 g/mol. The molecule has 2 amide bonds. The van der Waals surface area contributed by atoms with Crippen LogP contribution in [0.1, 0.15) is 11.1 Å². The first-order valence-corrected chi connectivity index (χ1v) is 11.0. The second-order valence-electron chi connectivity index (χ2n) is 7.42. The molecule has 0 saturated carbocycles. The Balaban J connectivity index is 1.74. The minimum atomic E-state index is -0.388. The van der Waals surface area contributed by atoms with Crippen LogP contribution in [0.25, 0.3) is 12.2 Å². The average molecular weight is 489 g/mol. The van der Waals surface area contributed by atoms with Gasteiger partial charge in [0.15, 0.2) is 0 Å². The first-order valence-electron chi connectivity index (χ1n) is 11.0. The Kier molecular flexibility index (Phi) is 9.11. The van der Waals surface area contributed by atoms with Gasteiger partial charge in [-0.25, -0.2) is 0 Å². The number of hydrogen-bond acceptors (Lipinski definition) is 6. The van der Waals surface area contributed by atoms with E-state index in [1.165, 1.54) is 33.5 Å². The van der Waals surface area contributed by atoms with Crippen LogP contribution >= 0.6 is 0 Å². The molecule has 0 aliphatic heterocycles. The van der Waals surface area contributed by atoms with Gasteiger partial charge in [0, 0.05) is 30.0 Å². The number of nitrogens with one attached hydrogen (secondary N) is 2. The summed E-state index contributed by atoms with van der Waals surface area (Å²) in [6, 6.07) is 17.8. The zero-order valence-corrected chi connectivity index (χ0v) is 20.5. The molecule has 0 unspecified atom stereocenters. The zero-order valence-electron chi connectivity index (χ0n) is 20.5. The van der Waals surface area contributed by atoms with E-state index in [0.29, 0.717) is 39.9 Å². The minimum Gasteiger partial charge on any atom is -0.496 e. The molecule has 0 radical (unpaired) electrons. The average Bonchev–Trinajstić information content (AvgIpc) is 2.91. The second-order valence-corrected chi connectivity index (χ2v) is 7.42. The number of amides is 2. The summed E-state index contributed by atoms with van der Waals surface area (Å²) in [5, 5.41) is 5.55. The van der Waals surface area contributed by atoms with E-state index in [1.54, 1.807) is 49.6 Å². The highest BCUT2D eigenvalue weighted by molar-refractivity contribution is 6.05. The van der Waals surface area contributed by atoms with Crippen LogP contribution in [-0.2, 0) is 9.59 Å². The van der Waals surface area contributed by atoms with Gasteiger partial charge in [0.1, 0.15) is 23.0 Å². The summed E-state index contributed by atoms with van der Waals surface area (Å²) in [6.45, 7) is 0. The van der Waals surface area contributed by atoms with Gasteiger partial charge in [-0.05, 0) is 35.9 Å². The number of carbonyl (C=O) groups is 2. The van der Waals surface area contributed by atoms with Crippen molar-refractivity contribution in [2.75, 3.05) is 39.1 Å². The van der Waals surface area contributed by atoms with Crippen molar-refractivity contribution in [2.24, 2.45) is 0 Å². The van der Waals surface area contributed by atoms with Crippen LogP contribution < -0.4 is 29.6 Å². The van der Waals surface area contributed by atoms with Crippen LogP contribution in [0.15, 0.2) is 72.8 Å². The van der Waals surface area contributed by atoms with E-state index >= 15 is 0 Å². The van der Waals surface area contributed by atoms with E-state index in [2.05, 4.69) is 10.6 Å². The van der Waals surface area contributed by atoms with Crippen molar-refractivity contribution in [1.29, 1.82) is 0 Å². The first-order chi connectivity index (χ1) is 17.5. The fraction of sp³-hybridized carbons (Fsp3) is 0.143. The smallest absolute Gasteiger partial charge is 0.248 e. The molecule has 186 valence electrons. The van der Waals surface area contributed by atoms with E-state index in [4.69, 9.17) is 18.9 Å². The van der Waals surface area contributed by atoms with Gasteiger partial charge in [-0.2, -0.15) is 0 Å². The number of rotatable bonds is 10. The third-order valence-corrected chi connectivity index (χ3v) is 5.11. The molecule has 3 rings (SSSR count). The Labute approximate surface area is 210 Å². The predicted molar refractivity (Wildman–Crippen MR) is 141 cm³/mol. The Hall–Kier alpha value is -4.72.